The number of nitriles is 1. The van der Waals surface area contributed by atoms with Crippen LogP contribution in [0, 0.1) is 24.1 Å². The lowest BCUT2D eigenvalue weighted by molar-refractivity contribution is 0.586. The van der Waals surface area contributed by atoms with Crippen molar-refractivity contribution >= 4 is 17.6 Å². The normalized spacial score (nSPS) is 10.4. The number of halogens is 1. The van der Waals surface area contributed by atoms with Gasteiger partial charge in [-0.15, -0.1) is 11.8 Å². The minimum Gasteiger partial charge on any atom is -0.419 e. The number of anilines is 1. The summed E-state index contributed by atoms with van der Waals surface area (Å²) in [5, 5.41) is 12.3. The number of hydrogen-bond donors (Lipinski definition) is 1. The predicted molar refractivity (Wildman–Crippen MR) is 97.0 cm³/mol. The summed E-state index contributed by atoms with van der Waals surface area (Å²) < 4.78 is 18.6. The van der Waals surface area contributed by atoms with E-state index in [1.54, 1.807) is 23.9 Å². The summed E-state index contributed by atoms with van der Waals surface area (Å²) in [6.07, 6.45) is 0. The summed E-state index contributed by atoms with van der Waals surface area (Å²) in [4.78, 5) is 5.22. The molecule has 0 spiro atoms. The highest BCUT2D eigenvalue weighted by molar-refractivity contribution is 7.99. The van der Waals surface area contributed by atoms with Crippen molar-refractivity contribution in [3.63, 3.8) is 0 Å². The van der Waals surface area contributed by atoms with Gasteiger partial charge in [0.05, 0.1) is 0 Å². The van der Waals surface area contributed by atoms with E-state index < -0.39 is 0 Å². The number of nitrogens with one attached hydrogen (secondary N) is 1. The molecular weight excluding hydrogens is 337 g/mol. The minimum absolute atomic E-state index is 0.238. The molecule has 0 aliphatic heterocycles. The average molecular weight is 353 g/mol. The molecule has 0 aliphatic rings. The molecule has 4 nitrogen and oxygen atoms in total. The Labute approximate surface area is 149 Å². The van der Waals surface area contributed by atoms with Gasteiger partial charge in [0, 0.05) is 22.8 Å². The van der Waals surface area contributed by atoms with Gasteiger partial charge in [0.15, 0.2) is 0 Å². The second-order valence-corrected chi connectivity index (χ2v) is 6.57. The molecule has 0 amide bonds. The molecule has 0 saturated heterocycles. The number of oxazole rings is 1. The number of nitrogens with zero attached hydrogens (tertiary/aromatic N) is 2. The Kier molecular flexibility index (Phi) is 5.36. The molecule has 0 atom stereocenters. The van der Waals surface area contributed by atoms with Crippen molar-refractivity contribution in [3.8, 4) is 17.5 Å². The predicted octanol–water partition coefficient (Wildman–Crippen LogP) is 4.87. The van der Waals surface area contributed by atoms with Crippen molar-refractivity contribution in [1.29, 1.82) is 5.26 Å². The molecule has 0 aliphatic carbocycles. The van der Waals surface area contributed by atoms with Crippen LogP contribution in [0.25, 0.3) is 11.5 Å². The van der Waals surface area contributed by atoms with Crippen LogP contribution in [-0.4, -0.2) is 17.3 Å². The Balaban J connectivity index is 1.61. The van der Waals surface area contributed by atoms with E-state index in [0.717, 1.165) is 21.8 Å². The van der Waals surface area contributed by atoms with Crippen LogP contribution >= 0.6 is 11.8 Å². The van der Waals surface area contributed by atoms with Gasteiger partial charge < -0.3 is 9.73 Å². The van der Waals surface area contributed by atoms with Crippen LogP contribution in [0.5, 0.6) is 0 Å². The molecule has 0 fully saturated rings. The monoisotopic (exact) mass is 353 g/mol. The molecule has 1 N–H and O–H groups in total. The van der Waals surface area contributed by atoms with E-state index in [9.17, 15) is 9.65 Å². The first kappa shape index (κ1) is 17.1. The zero-order valence-corrected chi connectivity index (χ0v) is 14.4. The van der Waals surface area contributed by atoms with Crippen LogP contribution in [0.2, 0.25) is 0 Å². The summed E-state index contributed by atoms with van der Waals surface area (Å²) >= 11 is 1.59. The van der Waals surface area contributed by atoms with Crippen LogP contribution in [0.1, 0.15) is 11.3 Å². The van der Waals surface area contributed by atoms with Gasteiger partial charge >= 0.3 is 0 Å². The van der Waals surface area contributed by atoms with E-state index in [4.69, 9.17) is 4.42 Å². The second kappa shape index (κ2) is 7.86. The van der Waals surface area contributed by atoms with E-state index in [1.165, 1.54) is 12.1 Å². The van der Waals surface area contributed by atoms with E-state index in [1.807, 2.05) is 37.3 Å². The van der Waals surface area contributed by atoms with Crippen LogP contribution in [-0.2, 0) is 0 Å². The van der Waals surface area contributed by atoms with E-state index >= 15 is 0 Å². The van der Waals surface area contributed by atoms with Gasteiger partial charge in [-0.1, -0.05) is 17.7 Å². The first-order valence-electron chi connectivity index (χ1n) is 7.76. The molecule has 126 valence electrons. The maximum atomic E-state index is 12.9. The third-order valence-electron chi connectivity index (χ3n) is 3.50. The molecule has 25 heavy (non-hydrogen) atoms. The maximum absolute atomic E-state index is 12.9. The number of aromatic nitrogens is 1. The Morgan fingerprint density at radius 2 is 1.88 bits per heavy atom. The number of aryl methyl sites for hydroxylation is 1. The molecule has 3 aromatic rings. The largest absolute Gasteiger partial charge is 0.419 e. The Hall–Kier alpha value is -2.78. The second-order valence-electron chi connectivity index (χ2n) is 5.40. The van der Waals surface area contributed by atoms with Crippen LogP contribution in [0.3, 0.4) is 0 Å². The zero-order valence-electron chi connectivity index (χ0n) is 13.6. The Morgan fingerprint density at radius 3 is 2.56 bits per heavy atom. The van der Waals surface area contributed by atoms with Gasteiger partial charge in [-0.05, 0) is 43.3 Å². The molecule has 0 bridgehead atoms. The van der Waals surface area contributed by atoms with Gasteiger partial charge in [0.1, 0.15) is 11.9 Å². The zero-order chi connectivity index (χ0) is 17.6. The number of hydrogen-bond acceptors (Lipinski definition) is 5. The fraction of sp³-hybridized carbons (Fsp3) is 0.158. The molecule has 0 unspecified atom stereocenters. The van der Waals surface area contributed by atoms with E-state index in [-0.39, 0.29) is 11.5 Å². The summed E-state index contributed by atoms with van der Waals surface area (Å²) in [5.41, 5.74) is 2.21. The van der Waals surface area contributed by atoms with Crippen LogP contribution in [0.15, 0.2) is 57.8 Å². The van der Waals surface area contributed by atoms with Gasteiger partial charge in [0.25, 0.3) is 0 Å². The lowest BCUT2D eigenvalue weighted by Crippen LogP contribution is -2.04. The first-order chi connectivity index (χ1) is 12.2. The fourth-order valence-electron chi connectivity index (χ4n) is 2.20. The van der Waals surface area contributed by atoms with Crippen molar-refractivity contribution in [3.05, 3.63) is 65.6 Å². The van der Waals surface area contributed by atoms with Gasteiger partial charge in [-0.3, -0.25) is 0 Å². The first-order valence-corrected chi connectivity index (χ1v) is 8.74. The SMILES string of the molecule is Cc1ccc(-c2nc(C#N)c(NCCSc3ccc(F)cc3)o2)cc1. The third-order valence-corrected chi connectivity index (χ3v) is 4.52. The van der Waals surface area contributed by atoms with Crippen molar-refractivity contribution in [2.45, 2.75) is 11.8 Å². The molecule has 2 aromatic carbocycles. The molecule has 3 rings (SSSR count). The van der Waals surface area contributed by atoms with E-state index in [2.05, 4.69) is 10.3 Å². The molecular formula is C19H16FN3OS. The summed E-state index contributed by atoms with van der Waals surface area (Å²) in [6, 6.07) is 16.2. The van der Waals surface area contributed by atoms with Crippen LogP contribution in [0.4, 0.5) is 10.3 Å². The topological polar surface area (TPSA) is 61.9 Å². The lowest BCUT2D eigenvalue weighted by Gasteiger charge is -2.03. The Bertz CT molecular complexity index is 883. The van der Waals surface area contributed by atoms with E-state index in [0.29, 0.717) is 18.3 Å². The molecule has 0 radical (unpaired) electrons. The summed E-state index contributed by atoms with van der Waals surface area (Å²) in [7, 11) is 0. The van der Waals surface area contributed by atoms with Gasteiger partial charge in [-0.2, -0.15) is 10.2 Å². The Morgan fingerprint density at radius 1 is 1.16 bits per heavy atom. The van der Waals surface area contributed by atoms with Crippen molar-refractivity contribution in [2.75, 3.05) is 17.6 Å². The maximum Gasteiger partial charge on any atom is 0.232 e. The quantitative estimate of drug-likeness (QED) is 0.506. The number of thioether (sulfide) groups is 1. The molecule has 0 saturated carbocycles. The highest BCUT2D eigenvalue weighted by Crippen LogP contribution is 2.26. The van der Waals surface area contributed by atoms with Gasteiger partial charge in [-0.25, -0.2) is 4.39 Å². The standard InChI is InChI=1S/C19H16FN3OS/c1-13-2-4-14(5-3-13)18-23-17(12-21)19(24-18)22-10-11-25-16-8-6-15(20)7-9-16/h2-9,22H,10-11H2,1H3. The number of rotatable bonds is 6. The molecule has 1 aromatic heterocycles. The highest BCUT2D eigenvalue weighted by Gasteiger charge is 2.14. The van der Waals surface area contributed by atoms with Gasteiger partial charge in [0.2, 0.25) is 17.5 Å². The smallest absolute Gasteiger partial charge is 0.232 e. The molecule has 6 heteroatoms. The fourth-order valence-corrected chi connectivity index (χ4v) is 2.97. The average Bonchev–Trinajstić information content (AvgIpc) is 3.04. The highest BCUT2D eigenvalue weighted by atomic mass is 32.2. The van der Waals surface area contributed by atoms with Crippen molar-refractivity contribution in [2.24, 2.45) is 0 Å². The van der Waals surface area contributed by atoms with Crippen molar-refractivity contribution < 1.29 is 8.81 Å². The summed E-state index contributed by atoms with van der Waals surface area (Å²) in [5.74, 6) is 1.30. The lowest BCUT2D eigenvalue weighted by atomic mass is 10.1. The van der Waals surface area contributed by atoms with Crippen LogP contribution < -0.4 is 5.32 Å². The third kappa shape index (κ3) is 4.40. The minimum atomic E-state index is -0.244. The number of benzene rings is 2. The van der Waals surface area contributed by atoms with Crippen molar-refractivity contribution in [1.82, 2.24) is 4.98 Å². The summed E-state index contributed by atoms with van der Waals surface area (Å²) in [6.45, 7) is 2.60. The molecule has 1 heterocycles.